The zero-order valence-electron chi connectivity index (χ0n) is 12.9. The molecule has 0 unspecified atom stereocenters. The van der Waals surface area contributed by atoms with Gasteiger partial charge in [-0.25, -0.2) is 4.98 Å². The Bertz CT molecular complexity index is 566. The third kappa shape index (κ3) is 4.74. The third-order valence-corrected chi connectivity index (χ3v) is 4.20. The highest BCUT2D eigenvalue weighted by Crippen LogP contribution is 2.29. The summed E-state index contributed by atoms with van der Waals surface area (Å²) >= 11 is 1.65. The molecule has 0 aliphatic heterocycles. The van der Waals surface area contributed by atoms with Gasteiger partial charge in [-0.1, -0.05) is 32.6 Å². The summed E-state index contributed by atoms with van der Waals surface area (Å²) in [7, 11) is 0. The molecule has 21 heavy (non-hydrogen) atoms. The molecular formula is C17H24N2OS. The highest BCUT2D eigenvalue weighted by Gasteiger charge is 2.06. The lowest BCUT2D eigenvalue weighted by atomic mass is 10.1. The molecule has 0 saturated carbocycles. The number of unbranched alkanes of at least 4 members (excludes halogenated alkanes) is 4. The summed E-state index contributed by atoms with van der Waals surface area (Å²) < 4.78 is 5.77. The van der Waals surface area contributed by atoms with E-state index in [1.54, 1.807) is 11.3 Å². The van der Waals surface area contributed by atoms with Crippen molar-refractivity contribution >= 4 is 17.0 Å². The second kappa shape index (κ2) is 8.03. The summed E-state index contributed by atoms with van der Waals surface area (Å²) in [6.07, 6.45) is 6.18. The van der Waals surface area contributed by atoms with Gasteiger partial charge in [0.25, 0.3) is 0 Å². The number of hydrogen-bond acceptors (Lipinski definition) is 4. The first-order valence-electron chi connectivity index (χ1n) is 7.65. The largest absolute Gasteiger partial charge is 0.491 e. The number of rotatable bonds is 8. The predicted molar refractivity (Wildman–Crippen MR) is 91.0 cm³/mol. The van der Waals surface area contributed by atoms with Crippen molar-refractivity contribution in [3.8, 4) is 17.0 Å². The minimum Gasteiger partial charge on any atom is -0.491 e. The lowest BCUT2D eigenvalue weighted by molar-refractivity contribution is 0.306. The van der Waals surface area contributed by atoms with Crippen molar-refractivity contribution in [2.75, 3.05) is 12.3 Å². The van der Waals surface area contributed by atoms with E-state index < -0.39 is 0 Å². The first kappa shape index (κ1) is 15.8. The number of nitrogens with two attached hydrogens (primary N) is 1. The van der Waals surface area contributed by atoms with Gasteiger partial charge in [-0.15, -0.1) is 11.3 Å². The highest BCUT2D eigenvalue weighted by atomic mass is 32.1. The van der Waals surface area contributed by atoms with Crippen molar-refractivity contribution in [1.82, 2.24) is 4.98 Å². The quantitative estimate of drug-likeness (QED) is 0.548. The number of hydrogen-bond donors (Lipinski definition) is 1. The van der Waals surface area contributed by atoms with Crippen molar-refractivity contribution in [2.45, 2.75) is 46.0 Å². The highest BCUT2D eigenvalue weighted by molar-refractivity contribution is 7.09. The molecule has 0 fully saturated rings. The number of aryl methyl sites for hydroxylation is 1. The van der Waals surface area contributed by atoms with Gasteiger partial charge < -0.3 is 10.5 Å². The van der Waals surface area contributed by atoms with E-state index in [0.29, 0.717) is 5.69 Å². The molecule has 0 aliphatic carbocycles. The molecule has 2 rings (SSSR count). The molecule has 1 heterocycles. The van der Waals surface area contributed by atoms with Gasteiger partial charge in [0, 0.05) is 10.9 Å². The number of ether oxygens (including phenoxy) is 1. The van der Waals surface area contributed by atoms with E-state index >= 15 is 0 Å². The Morgan fingerprint density at radius 2 is 2.00 bits per heavy atom. The molecule has 2 N–H and O–H groups in total. The van der Waals surface area contributed by atoms with Crippen molar-refractivity contribution in [2.24, 2.45) is 0 Å². The van der Waals surface area contributed by atoms with Gasteiger partial charge in [-0.2, -0.15) is 0 Å². The fourth-order valence-corrected chi connectivity index (χ4v) is 2.85. The van der Waals surface area contributed by atoms with E-state index in [0.717, 1.165) is 35.0 Å². The van der Waals surface area contributed by atoms with Crippen LogP contribution in [0.3, 0.4) is 0 Å². The summed E-state index contributed by atoms with van der Waals surface area (Å²) in [4.78, 5) is 4.48. The molecule has 1 aromatic heterocycles. The van der Waals surface area contributed by atoms with Gasteiger partial charge in [0.1, 0.15) is 5.75 Å². The van der Waals surface area contributed by atoms with Crippen LogP contribution in [0.4, 0.5) is 5.69 Å². The Labute approximate surface area is 131 Å². The van der Waals surface area contributed by atoms with Crippen LogP contribution in [-0.4, -0.2) is 11.6 Å². The van der Waals surface area contributed by atoms with E-state index in [4.69, 9.17) is 10.5 Å². The van der Waals surface area contributed by atoms with Crippen LogP contribution in [0.2, 0.25) is 0 Å². The molecule has 1 aromatic carbocycles. The molecule has 0 atom stereocenters. The predicted octanol–water partition coefficient (Wildman–Crippen LogP) is 5.05. The maximum Gasteiger partial charge on any atom is 0.142 e. The average Bonchev–Trinajstić information content (AvgIpc) is 2.90. The summed E-state index contributed by atoms with van der Waals surface area (Å²) in [6, 6.07) is 5.92. The molecule has 2 aromatic rings. The lowest BCUT2D eigenvalue weighted by Crippen LogP contribution is -2.00. The van der Waals surface area contributed by atoms with E-state index in [9.17, 15) is 0 Å². The molecule has 3 nitrogen and oxygen atoms in total. The number of nitrogens with zero attached hydrogens (tertiary/aromatic N) is 1. The van der Waals surface area contributed by atoms with Crippen molar-refractivity contribution in [1.29, 1.82) is 0 Å². The van der Waals surface area contributed by atoms with E-state index in [1.807, 2.05) is 25.1 Å². The second-order valence-electron chi connectivity index (χ2n) is 5.27. The van der Waals surface area contributed by atoms with Crippen molar-refractivity contribution in [3.05, 3.63) is 28.6 Å². The fraction of sp³-hybridized carbons (Fsp3) is 0.471. The van der Waals surface area contributed by atoms with Crippen LogP contribution >= 0.6 is 11.3 Å². The zero-order chi connectivity index (χ0) is 15.1. The smallest absolute Gasteiger partial charge is 0.142 e. The molecule has 0 radical (unpaired) electrons. The number of aromatic nitrogens is 1. The van der Waals surface area contributed by atoms with Gasteiger partial charge >= 0.3 is 0 Å². The number of benzene rings is 1. The van der Waals surface area contributed by atoms with Gasteiger partial charge in [0.15, 0.2) is 0 Å². The summed E-state index contributed by atoms with van der Waals surface area (Å²) in [6.45, 7) is 4.97. The Morgan fingerprint density at radius 1 is 1.19 bits per heavy atom. The zero-order valence-corrected chi connectivity index (χ0v) is 13.7. The normalized spacial score (nSPS) is 10.8. The molecule has 114 valence electrons. The Balaban J connectivity index is 1.87. The van der Waals surface area contributed by atoms with Crippen LogP contribution < -0.4 is 10.5 Å². The SMILES string of the molecule is CCCCCCCOc1ccc(-c2csc(C)n2)cc1N. The van der Waals surface area contributed by atoms with E-state index in [1.165, 1.54) is 25.7 Å². The van der Waals surface area contributed by atoms with E-state index in [2.05, 4.69) is 17.3 Å². The standard InChI is InChI=1S/C17H24N2OS/c1-3-4-5-6-7-10-20-17-9-8-14(11-15(17)18)16-12-21-13(2)19-16/h8-9,11-12H,3-7,10,18H2,1-2H3. The maximum atomic E-state index is 6.08. The number of nitrogen functional groups attached to an aromatic ring is 1. The molecule has 0 amide bonds. The molecule has 0 saturated heterocycles. The minimum absolute atomic E-state index is 0.687. The van der Waals surface area contributed by atoms with Gasteiger partial charge in [0.2, 0.25) is 0 Å². The topological polar surface area (TPSA) is 48.1 Å². The van der Waals surface area contributed by atoms with Gasteiger partial charge in [0.05, 0.1) is 23.0 Å². The first-order valence-corrected chi connectivity index (χ1v) is 8.53. The van der Waals surface area contributed by atoms with Gasteiger partial charge in [-0.3, -0.25) is 0 Å². The van der Waals surface area contributed by atoms with Crippen LogP contribution in [0, 0.1) is 6.92 Å². The fourth-order valence-electron chi connectivity index (χ4n) is 2.22. The first-order chi connectivity index (χ1) is 10.2. The van der Waals surface area contributed by atoms with Crippen LogP contribution in [0.15, 0.2) is 23.6 Å². The lowest BCUT2D eigenvalue weighted by Gasteiger charge is -2.10. The number of thiazole rings is 1. The van der Waals surface area contributed by atoms with Crippen LogP contribution in [0.1, 0.15) is 44.0 Å². The molecular weight excluding hydrogens is 280 g/mol. The average molecular weight is 304 g/mol. The Morgan fingerprint density at radius 3 is 2.67 bits per heavy atom. The second-order valence-corrected chi connectivity index (χ2v) is 6.33. The number of anilines is 1. The summed E-state index contributed by atoms with van der Waals surface area (Å²) in [5, 5.41) is 3.12. The van der Waals surface area contributed by atoms with Gasteiger partial charge in [-0.05, 0) is 31.5 Å². The van der Waals surface area contributed by atoms with E-state index in [-0.39, 0.29) is 0 Å². The monoisotopic (exact) mass is 304 g/mol. The Hall–Kier alpha value is -1.55. The summed E-state index contributed by atoms with van der Waals surface area (Å²) in [5.74, 6) is 0.779. The molecule has 0 bridgehead atoms. The summed E-state index contributed by atoms with van der Waals surface area (Å²) in [5.41, 5.74) is 8.80. The van der Waals surface area contributed by atoms with Crippen molar-refractivity contribution in [3.63, 3.8) is 0 Å². The molecule has 0 spiro atoms. The molecule has 0 aliphatic rings. The minimum atomic E-state index is 0.687. The van der Waals surface area contributed by atoms with Crippen molar-refractivity contribution < 1.29 is 4.74 Å². The molecule has 4 heteroatoms. The Kier molecular flexibility index (Phi) is 6.05. The van der Waals surface area contributed by atoms with Crippen LogP contribution in [-0.2, 0) is 0 Å². The third-order valence-electron chi connectivity index (χ3n) is 3.43. The van der Waals surface area contributed by atoms with Crippen LogP contribution in [0.25, 0.3) is 11.3 Å². The maximum absolute atomic E-state index is 6.08. The van der Waals surface area contributed by atoms with Crippen LogP contribution in [0.5, 0.6) is 5.75 Å².